The van der Waals surface area contributed by atoms with Gasteiger partial charge in [-0.1, -0.05) is 31.9 Å². The van der Waals surface area contributed by atoms with Crippen LogP contribution in [0.5, 0.6) is 0 Å². The highest BCUT2D eigenvalue weighted by molar-refractivity contribution is 5.66. The first-order valence-electron chi connectivity index (χ1n) is 9.47. The topological polar surface area (TPSA) is 0 Å². The second-order valence-corrected chi connectivity index (χ2v) is 7.51. The predicted molar refractivity (Wildman–Crippen MR) is 96.0 cm³/mol. The molecule has 0 spiro atoms. The summed E-state index contributed by atoms with van der Waals surface area (Å²) in [5, 5.41) is 0. The smallest absolute Gasteiger partial charge is 0.170 e. The fourth-order valence-corrected chi connectivity index (χ4v) is 4.16. The van der Waals surface area contributed by atoms with Gasteiger partial charge in [0.25, 0.3) is 0 Å². The van der Waals surface area contributed by atoms with Gasteiger partial charge in [0.15, 0.2) is 23.3 Å². The van der Waals surface area contributed by atoms with E-state index < -0.39 is 46.1 Å². The van der Waals surface area contributed by atoms with Gasteiger partial charge in [0, 0.05) is 5.56 Å². The third-order valence-corrected chi connectivity index (χ3v) is 5.71. The summed E-state index contributed by atoms with van der Waals surface area (Å²) in [6, 6.07) is 3.47. The van der Waals surface area contributed by atoms with Crippen LogP contribution in [0.3, 0.4) is 0 Å². The highest BCUT2D eigenvalue weighted by atomic mass is 19.2. The minimum absolute atomic E-state index is 0.218. The van der Waals surface area contributed by atoms with Gasteiger partial charge in [-0.3, -0.25) is 0 Å². The van der Waals surface area contributed by atoms with Gasteiger partial charge in [0.1, 0.15) is 5.82 Å². The van der Waals surface area contributed by atoms with E-state index in [2.05, 4.69) is 6.92 Å². The highest BCUT2D eigenvalue weighted by Crippen LogP contribution is 2.42. The molecule has 0 heterocycles. The zero-order chi connectivity index (χ0) is 19.7. The van der Waals surface area contributed by atoms with Crippen LogP contribution in [0.2, 0.25) is 0 Å². The fraction of sp³-hybridized carbons (Fsp3) is 0.455. The molecule has 0 aliphatic heterocycles. The normalized spacial score (nSPS) is 20.1. The third kappa shape index (κ3) is 3.74. The first-order chi connectivity index (χ1) is 12.8. The first-order valence-corrected chi connectivity index (χ1v) is 9.47. The molecule has 0 radical (unpaired) electrons. The monoisotopic (exact) mass is 382 g/mol. The molecule has 0 atom stereocenters. The summed E-state index contributed by atoms with van der Waals surface area (Å²) in [7, 11) is 0. The number of rotatable bonds is 4. The maximum absolute atomic E-state index is 14.7. The van der Waals surface area contributed by atoms with E-state index in [4.69, 9.17) is 0 Å². The molecule has 2 aromatic rings. The Morgan fingerprint density at radius 2 is 1.44 bits per heavy atom. The molecule has 0 amide bonds. The van der Waals surface area contributed by atoms with Gasteiger partial charge in [-0.25, -0.2) is 22.0 Å². The molecule has 1 aliphatic rings. The second-order valence-electron chi connectivity index (χ2n) is 7.51. The van der Waals surface area contributed by atoms with Crippen molar-refractivity contribution in [2.45, 2.75) is 58.3 Å². The Morgan fingerprint density at radius 1 is 0.852 bits per heavy atom. The van der Waals surface area contributed by atoms with Crippen LogP contribution in [-0.4, -0.2) is 0 Å². The van der Waals surface area contributed by atoms with Crippen LogP contribution in [0.25, 0.3) is 11.1 Å². The maximum Gasteiger partial charge on any atom is 0.170 e. The van der Waals surface area contributed by atoms with E-state index in [1.54, 1.807) is 0 Å². The van der Waals surface area contributed by atoms with Crippen molar-refractivity contribution in [3.63, 3.8) is 0 Å². The summed E-state index contributed by atoms with van der Waals surface area (Å²) in [5.41, 5.74) is -1.30. The van der Waals surface area contributed by atoms with E-state index in [1.165, 1.54) is 19.1 Å². The standard InChI is InChI=1S/C22H23F5/c1-3-4-13-6-9-14(10-7-13)17-19(24)21(26)18(22(27)20(17)25)15-8-5-12(2)16(23)11-15/h5,8,11,13-14H,3-4,6-7,9-10H2,1-2H3. The van der Waals surface area contributed by atoms with E-state index in [1.807, 2.05) is 0 Å². The van der Waals surface area contributed by atoms with Gasteiger partial charge in [0.2, 0.25) is 0 Å². The van der Waals surface area contributed by atoms with E-state index in [9.17, 15) is 22.0 Å². The summed E-state index contributed by atoms with van der Waals surface area (Å²) in [5.74, 6) is -6.35. The van der Waals surface area contributed by atoms with Crippen LogP contribution in [0, 0.1) is 41.9 Å². The lowest BCUT2D eigenvalue weighted by Crippen LogP contribution is -2.17. The quantitative estimate of drug-likeness (QED) is 0.381. The van der Waals surface area contributed by atoms with Crippen molar-refractivity contribution in [2.75, 3.05) is 0 Å². The van der Waals surface area contributed by atoms with Gasteiger partial charge >= 0.3 is 0 Å². The minimum atomic E-state index is -1.46. The zero-order valence-electron chi connectivity index (χ0n) is 15.5. The Morgan fingerprint density at radius 3 is 1.96 bits per heavy atom. The summed E-state index contributed by atoms with van der Waals surface area (Å²) in [6.07, 6.45) is 4.71. The molecule has 1 aliphatic carbocycles. The van der Waals surface area contributed by atoms with Crippen molar-refractivity contribution in [3.05, 3.63) is 58.4 Å². The van der Waals surface area contributed by atoms with Crippen LogP contribution < -0.4 is 0 Å². The van der Waals surface area contributed by atoms with Crippen molar-refractivity contribution in [3.8, 4) is 11.1 Å². The average molecular weight is 382 g/mol. The molecular formula is C22H23F5. The molecule has 0 nitrogen and oxygen atoms in total. The lowest BCUT2D eigenvalue weighted by atomic mass is 9.76. The molecule has 0 N–H and O–H groups in total. The lowest BCUT2D eigenvalue weighted by Gasteiger charge is -2.29. The van der Waals surface area contributed by atoms with Gasteiger partial charge in [-0.05, 0) is 61.6 Å². The van der Waals surface area contributed by atoms with Gasteiger partial charge in [-0.15, -0.1) is 0 Å². The summed E-state index contributed by atoms with van der Waals surface area (Å²) < 4.78 is 72.6. The van der Waals surface area contributed by atoms with Gasteiger partial charge in [-0.2, -0.15) is 0 Å². The molecule has 0 bridgehead atoms. The molecule has 2 aromatic carbocycles. The van der Waals surface area contributed by atoms with Crippen LogP contribution in [0.1, 0.15) is 62.5 Å². The van der Waals surface area contributed by atoms with Gasteiger partial charge < -0.3 is 0 Å². The second kappa shape index (κ2) is 7.99. The number of benzene rings is 2. The van der Waals surface area contributed by atoms with Crippen LogP contribution in [0.15, 0.2) is 18.2 Å². The number of halogens is 5. The predicted octanol–water partition coefficient (Wildman–Crippen LogP) is 7.43. The Balaban J connectivity index is 2.00. The van der Waals surface area contributed by atoms with Crippen molar-refractivity contribution in [2.24, 2.45) is 5.92 Å². The Hall–Kier alpha value is -1.91. The molecule has 1 saturated carbocycles. The average Bonchev–Trinajstić information content (AvgIpc) is 2.65. The van der Waals surface area contributed by atoms with E-state index in [0.717, 1.165) is 31.7 Å². The molecule has 146 valence electrons. The number of aryl methyl sites for hydroxylation is 1. The molecule has 27 heavy (non-hydrogen) atoms. The Labute approximate surface area is 156 Å². The molecule has 5 heteroatoms. The molecule has 0 unspecified atom stereocenters. The molecule has 0 aromatic heterocycles. The van der Waals surface area contributed by atoms with Crippen molar-refractivity contribution in [1.29, 1.82) is 0 Å². The number of hydrogen-bond acceptors (Lipinski definition) is 0. The molecule has 0 saturated heterocycles. The van der Waals surface area contributed by atoms with Gasteiger partial charge in [0.05, 0.1) is 5.56 Å². The maximum atomic E-state index is 14.7. The zero-order valence-corrected chi connectivity index (χ0v) is 15.5. The number of hydrogen-bond donors (Lipinski definition) is 0. The molecule has 1 fully saturated rings. The third-order valence-electron chi connectivity index (χ3n) is 5.71. The lowest BCUT2D eigenvalue weighted by molar-refractivity contribution is 0.295. The Bertz CT molecular complexity index is 806. The first kappa shape index (κ1) is 19.8. The highest BCUT2D eigenvalue weighted by Gasteiger charge is 2.32. The SMILES string of the molecule is CCCC1CCC(c2c(F)c(F)c(-c3ccc(C)c(F)c3)c(F)c2F)CC1. The summed E-state index contributed by atoms with van der Waals surface area (Å²) in [6.45, 7) is 3.58. The molecular weight excluding hydrogens is 359 g/mol. The minimum Gasteiger partial charge on any atom is -0.207 e. The van der Waals surface area contributed by atoms with E-state index >= 15 is 0 Å². The summed E-state index contributed by atoms with van der Waals surface area (Å²) in [4.78, 5) is 0. The van der Waals surface area contributed by atoms with Crippen LogP contribution in [0.4, 0.5) is 22.0 Å². The molecule has 3 rings (SSSR count). The van der Waals surface area contributed by atoms with Crippen molar-refractivity contribution >= 4 is 0 Å². The largest absolute Gasteiger partial charge is 0.207 e. The Kier molecular flexibility index (Phi) is 5.87. The van der Waals surface area contributed by atoms with Crippen LogP contribution in [-0.2, 0) is 0 Å². The van der Waals surface area contributed by atoms with Crippen LogP contribution >= 0.6 is 0 Å². The fourth-order valence-electron chi connectivity index (χ4n) is 4.16. The van der Waals surface area contributed by atoms with E-state index in [0.29, 0.717) is 18.8 Å². The summed E-state index contributed by atoms with van der Waals surface area (Å²) >= 11 is 0. The van der Waals surface area contributed by atoms with Crippen molar-refractivity contribution < 1.29 is 22.0 Å². The van der Waals surface area contributed by atoms with Crippen molar-refractivity contribution in [1.82, 2.24) is 0 Å². The van der Waals surface area contributed by atoms with E-state index in [-0.39, 0.29) is 11.1 Å².